The average Bonchev–Trinajstić information content (AvgIpc) is 2.07. The maximum Gasteiger partial charge on any atom is 0.387 e. The molecule has 1 rings (SSSR count). The van der Waals surface area contributed by atoms with Gasteiger partial charge in [0.15, 0.2) is 0 Å². The van der Waals surface area contributed by atoms with E-state index in [0.29, 0.717) is 5.92 Å². The largest absolute Gasteiger partial charge is 0.435 e. The van der Waals surface area contributed by atoms with Crippen LogP contribution >= 0.6 is 0 Å². The van der Waals surface area contributed by atoms with Gasteiger partial charge in [-0.2, -0.15) is 8.78 Å². The van der Waals surface area contributed by atoms with Crippen molar-refractivity contribution in [3.05, 3.63) is 29.3 Å². The standard InChI is InChI=1S/C11H14F2O/c1-7(2)9-5-4-8(3)10(6-9)14-11(12)13/h4-7,11H,1-3H3. The van der Waals surface area contributed by atoms with Crippen molar-refractivity contribution in [1.82, 2.24) is 0 Å². The summed E-state index contributed by atoms with van der Waals surface area (Å²) < 4.78 is 28.4. The molecule has 1 nitrogen and oxygen atoms in total. The molecule has 0 amide bonds. The van der Waals surface area contributed by atoms with Crippen molar-refractivity contribution in [2.75, 3.05) is 0 Å². The predicted molar refractivity (Wildman–Crippen MR) is 51.9 cm³/mol. The van der Waals surface area contributed by atoms with E-state index in [2.05, 4.69) is 4.74 Å². The number of alkyl halides is 2. The molecule has 0 unspecified atom stereocenters. The van der Waals surface area contributed by atoms with Crippen molar-refractivity contribution in [3.63, 3.8) is 0 Å². The maximum absolute atomic E-state index is 12.0. The van der Waals surface area contributed by atoms with Crippen molar-refractivity contribution in [3.8, 4) is 5.75 Å². The molecule has 0 fully saturated rings. The maximum atomic E-state index is 12.0. The summed E-state index contributed by atoms with van der Waals surface area (Å²) in [7, 11) is 0. The number of benzene rings is 1. The predicted octanol–water partition coefficient (Wildman–Crippen LogP) is 3.72. The summed E-state index contributed by atoms with van der Waals surface area (Å²) in [5.41, 5.74) is 1.74. The number of hydrogen-bond donors (Lipinski definition) is 0. The molecule has 0 aliphatic rings. The van der Waals surface area contributed by atoms with Crippen molar-refractivity contribution in [2.45, 2.75) is 33.3 Å². The Morgan fingerprint density at radius 3 is 2.36 bits per heavy atom. The first-order valence-corrected chi connectivity index (χ1v) is 4.56. The Hall–Kier alpha value is -1.12. The van der Waals surface area contributed by atoms with Gasteiger partial charge >= 0.3 is 6.61 Å². The molecule has 0 aliphatic carbocycles. The van der Waals surface area contributed by atoms with Crippen LogP contribution in [0.3, 0.4) is 0 Å². The minimum atomic E-state index is -2.75. The van der Waals surface area contributed by atoms with E-state index in [9.17, 15) is 8.78 Å². The molecule has 0 radical (unpaired) electrons. The number of halogens is 2. The first kappa shape index (κ1) is 11.0. The van der Waals surface area contributed by atoms with Gasteiger partial charge in [-0.05, 0) is 30.0 Å². The van der Waals surface area contributed by atoms with Gasteiger partial charge in [-0.25, -0.2) is 0 Å². The lowest BCUT2D eigenvalue weighted by Gasteiger charge is -2.11. The molecule has 0 saturated carbocycles. The summed E-state index contributed by atoms with van der Waals surface area (Å²) in [4.78, 5) is 0. The van der Waals surface area contributed by atoms with Crippen LogP contribution in [0.1, 0.15) is 30.9 Å². The third-order valence-electron chi connectivity index (χ3n) is 2.09. The zero-order valence-corrected chi connectivity index (χ0v) is 8.55. The van der Waals surface area contributed by atoms with Crippen molar-refractivity contribution in [1.29, 1.82) is 0 Å². The number of hydrogen-bond acceptors (Lipinski definition) is 1. The summed E-state index contributed by atoms with van der Waals surface area (Å²) in [5.74, 6) is 0.585. The second kappa shape index (κ2) is 4.40. The van der Waals surface area contributed by atoms with Crippen LogP contribution in [0.2, 0.25) is 0 Å². The Kier molecular flexibility index (Phi) is 3.44. The van der Waals surface area contributed by atoms with E-state index in [1.165, 1.54) is 0 Å². The molecule has 0 N–H and O–H groups in total. The van der Waals surface area contributed by atoms with E-state index in [1.807, 2.05) is 19.9 Å². The summed E-state index contributed by atoms with van der Waals surface area (Å²) in [6.45, 7) is 3.02. The van der Waals surface area contributed by atoms with Crippen LogP contribution in [-0.2, 0) is 0 Å². The van der Waals surface area contributed by atoms with E-state index in [-0.39, 0.29) is 5.75 Å². The molecule has 1 aromatic rings. The fourth-order valence-corrected chi connectivity index (χ4v) is 1.20. The second-order valence-electron chi connectivity index (χ2n) is 3.56. The highest BCUT2D eigenvalue weighted by atomic mass is 19.3. The minimum Gasteiger partial charge on any atom is -0.435 e. The highest BCUT2D eigenvalue weighted by molar-refractivity contribution is 5.37. The lowest BCUT2D eigenvalue weighted by Crippen LogP contribution is -2.04. The molecule has 0 saturated heterocycles. The highest BCUT2D eigenvalue weighted by Gasteiger charge is 2.09. The normalized spacial score (nSPS) is 11.1. The van der Waals surface area contributed by atoms with Gasteiger partial charge in [0.25, 0.3) is 0 Å². The van der Waals surface area contributed by atoms with Crippen LogP contribution in [0.25, 0.3) is 0 Å². The number of aryl methyl sites for hydroxylation is 1. The first-order valence-electron chi connectivity index (χ1n) is 4.56. The van der Waals surface area contributed by atoms with Gasteiger partial charge in [-0.3, -0.25) is 0 Å². The summed E-state index contributed by atoms with van der Waals surface area (Å²) in [6.07, 6.45) is 0. The Morgan fingerprint density at radius 1 is 1.21 bits per heavy atom. The van der Waals surface area contributed by atoms with E-state index in [1.54, 1.807) is 19.1 Å². The van der Waals surface area contributed by atoms with Crippen LogP contribution < -0.4 is 4.74 Å². The summed E-state index contributed by atoms with van der Waals surface area (Å²) in [5, 5.41) is 0. The quantitative estimate of drug-likeness (QED) is 0.722. The van der Waals surface area contributed by atoms with Gasteiger partial charge < -0.3 is 4.74 Å². The molecule has 0 aromatic heterocycles. The molecule has 0 atom stereocenters. The van der Waals surface area contributed by atoms with Crippen molar-refractivity contribution < 1.29 is 13.5 Å². The molecule has 78 valence electrons. The van der Waals surface area contributed by atoms with Crippen LogP contribution in [-0.4, -0.2) is 6.61 Å². The molecule has 0 bridgehead atoms. The Labute approximate surface area is 82.7 Å². The van der Waals surface area contributed by atoms with Gasteiger partial charge in [-0.15, -0.1) is 0 Å². The second-order valence-corrected chi connectivity index (χ2v) is 3.56. The molecule has 0 aliphatic heterocycles. The van der Waals surface area contributed by atoms with Gasteiger partial charge in [0.05, 0.1) is 0 Å². The van der Waals surface area contributed by atoms with Crippen LogP contribution in [0.5, 0.6) is 5.75 Å². The first-order chi connectivity index (χ1) is 6.50. The van der Waals surface area contributed by atoms with E-state index < -0.39 is 6.61 Å². The Balaban J connectivity index is 2.96. The topological polar surface area (TPSA) is 9.23 Å². The highest BCUT2D eigenvalue weighted by Crippen LogP contribution is 2.25. The Bertz CT molecular complexity index is 308. The lowest BCUT2D eigenvalue weighted by molar-refractivity contribution is -0.0503. The molecule has 3 heteroatoms. The van der Waals surface area contributed by atoms with E-state index in [4.69, 9.17) is 0 Å². The Morgan fingerprint density at radius 2 is 1.86 bits per heavy atom. The lowest BCUT2D eigenvalue weighted by atomic mass is 10.0. The molecule has 14 heavy (non-hydrogen) atoms. The van der Waals surface area contributed by atoms with Gasteiger partial charge in [0, 0.05) is 0 Å². The zero-order valence-electron chi connectivity index (χ0n) is 8.55. The van der Waals surface area contributed by atoms with Gasteiger partial charge in [0.2, 0.25) is 0 Å². The number of ether oxygens (including phenoxy) is 1. The number of rotatable bonds is 3. The SMILES string of the molecule is Cc1ccc(C(C)C)cc1OC(F)F. The fourth-order valence-electron chi connectivity index (χ4n) is 1.20. The zero-order chi connectivity index (χ0) is 10.7. The van der Waals surface area contributed by atoms with E-state index >= 15 is 0 Å². The minimum absolute atomic E-state index is 0.270. The molecule has 0 spiro atoms. The monoisotopic (exact) mass is 200 g/mol. The molecular formula is C11H14F2O. The third kappa shape index (κ3) is 2.69. The fraction of sp³-hybridized carbons (Fsp3) is 0.455. The van der Waals surface area contributed by atoms with E-state index in [0.717, 1.165) is 11.1 Å². The van der Waals surface area contributed by atoms with Crippen LogP contribution in [0.15, 0.2) is 18.2 Å². The third-order valence-corrected chi connectivity index (χ3v) is 2.09. The van der Waals surface area contributed by atoms with Crippen molar-refractivity contribution >= 4 is 0 Å². The molecule has 1 aromatic carbocycles. The molecule has 0 heterocycles. The van der Waals surface area contributed by atoms with Gasteiger partial charge in [0.1, 0.15) is 5.75 Å². The van der Waals surface area contributed by atoms with Crippen LogP contribution in [0, 0.1) is 6.92 Å². The summed E-state index contributed by atoms with van der Waals surface area (Å²) >= 11 is 0. The summed E-state index contributed by atoms with van der Waals surface area (Å²) in [6, 6.07) is 5.40. The average molecular weight is 200 g/mol. The smallest absolute Gasteiger partial charge is 0.387 e. The van der Waals surface area contributed by atoms with Crippen molar-refractivity contribution in [2.24, 2.45) is 0 Å². The van der Waals surface area contributed by atoms with Gasteiger partial charge in [-0.1, -0.05) is 26.0 Å². The van der Waals surface area contributed by atoms with Crippen LogP contribution in [0.4, 0.5) is 8.78 Å². The molecular weight excluding hydrogens is 186 g/mol.